The average molecular weight is 202 g/mol. The van der Waals surface area contributed by atoms with E-state index in [1.165, 1.54) is 6.08 Å². The number of primary amides is 1. The minimum atomic E-state index is -0.954. The Balaban J connectivity index is 3.69. The summed E-state index contributed by atoms with van der Waals surface area (Å²) in [4.78, 5) is 25.3. The van der Waals surface area contributed by atoms with Crippen LogP contribution in [0.25, 0.3) is 0 Å². The molecule has 1 amide bonds. The van der Waals surface area contributed by atoms with Crippen LogP contribution in [0.5, 0.6) is 0 Å². The van der Waals surface area contributed by atoms with Gasteiger partial charge in [-0.05, 0) is 6.42 Å². The fourth-order valence-electron chi connectivity index (χ4n) is 0.729. The van der Waals surface area contributed by atoms with Gasteiger partial charge in [0.05, 0.1) is 0 Å². The Morgan fingerprint density at radius 3 is 2.64 bits per heavy atom. The molecule has 0 fully saturated rings. The molecule has 0 unspecified atom stereocenters. The minimum absolute atomic E-state index is 0.225. The second kappa shape index (κ2) is 7.05. The van der Waals surface area contributed by atoms with Gasteiger partial charge < -0.3 is 10.8 Å². The van der Waals surface area contributed by atoms with Crippen LogP contribution >= 0.6 is 0 Å². The van der Waals surface area contributed by atoms with Crippen molar-refractivity contribution < 1.29 is 19.5 Å². The first-order valence-electron chi connectivity index (χ1n) is 4.13. The third-order valence-electron chi connectivity index (χ3n) is 1.40. The largest absolute Gasteiger partial charge is 0.478 e. The van der Waals surface area contributed by atoms with E-state index in [0.717, 1.165) is 0 Å². The number of nitrogens with two attached hydrogens (primary N) is 1. The number of hydrogen-bond acceptors (Lipinski definition) is 4. The van der Waals surface area contributed by atoms with Gasteiger partial charge in [0, 0.05) is 12.1 Å². The van der Waals surface area contributed by atoms with Gasteiger partial charge in [-0.3, -0.25) is 9.63 Å². The molecule has 6 heteroatoms. The molecule has 0 saturated carbocycles. The molecule has 0 aliphatic carbocycles. The van der Waals surface area contributed by atoms with Crippen molar-refractivity contribution in [3.8, 4) is 0 Å². The summed E-state index contributed by atoms with van der Waals surface area (Å²) in [5.41, 5.74) is 7.48. The summed E-state index contributed by atoms with van der Waals surface area (Å²) in [6.07, 6.45) is 1.91. The highest BCUT2D eigenvalue weighted by Gasteiger charge is 2.02. The van der Waals surface area contributed by atoms with E-state index in [9.17, 15) is 9.59 Å². The molecule has 0 saturated heterocycles. The molecule has 0 aliphatic rings. The fraction of sp³-hybridized carbons (Fsp3) is 0.500. The summed E-state index contributed by atoms with van der Waals surface area (Å²) in [7, 11) is 0. The Morgan fingerprint density at radius 2 is 2.21 bits per heavy atom. The van der Waals surface area contributed by atoms with Crippen LogP contribution in [0, 0.1) is 0 Å². The predicted molar refractivity (Wildman–Crippen MR) is 49.2 cm³/mol. The maximum atomic E-state index is 10.5. The maximum absolute atomic E-state index is 10.5. The molecule has 0 aromatic carbocycles. The monoisotopic (exact) mass is 202 g/mol. The molecule has 0 aliphatic heterocycles. The van der Waals surface area contributed by atoms with Gasteiger partial charge in [0.25, 0.3) is 0 Å². The van der Waals surface area contributed by atoms with Gasteiger partial charge in [-0.1, -0.05) is 13.0 Å². The third kappa shape index (κ3) is 6.15. The molecule has 0 rings (SSSR count). The van der Waals surface area contributed by atoms with Gasteiger partial charge >= 0.3 is 5.97 Å². The molecule has 0 atom stereocenters. The molecule has 6 nitrogen and oxygen atoms in total. The zero-order valence-corrected chi connectivity index (χ0v) is 7.95. The maximum Gasteiger partial charge on any atom is 0.331 e. The molecule has 0 radical (unpaired) electrons. The number of carbonyl (C=O) groups excluding carboxylic acids is 1. The van der Waals surface area contributed by atoms with Gasteiger partial charge in [0.1, 0.15) is 6.61 Å². The average Bonchev–Trinajstić information content (AvgIpc) is 2.10. The summed E-state index contributed by atoms with van der Waals surface area (Å²) in [5.74, 6) is -1.54. The van der Waals surface area contributed by atoms with Crippen LogP contribution in [0.2, 0.25) is 0 Å². The number of rotatable bonds is 7. The van der Waals surface area contributed by atoms with E-state index < -0.39 is 11.9 Å². The van der Waals surface area contributed by atoms with Crippen molar-refractivity contribution in [1.82, 2.24) is 5.48 Å². The van der Waals surface area contributed by atoms with Crippen LogP contribution in [0.15, 0.2) is 11.6 Å². The van der Waals surface area contributed by atoms with E-state index >= 15 is 0 Å². The second-order valence-corrected chi connectivity index (χ2v) is 2.49. The van der Waals surface area contributed by atoms with Gasteiger partial charge in [-0.15, -0.1) is 0 Å². The number of carbonyl (C=O) groups is 2. The number of amides is 1. The molecule has 0 heterocycles. The van der Waals surface area contributed by atoms with Crippen LogP contribution in [0.3, 0.4) is 0 Å². The Hall–Kier alpha value is -1.40. The quantitative estimate of drug-likeness (QED) is 0.291. The lowest BCUT2D eigenvalue weighted by atomic mass is 10.2. The molecule has 0 spiro atoms. The summed E-state index contributed by atoms with van der Waals surface area (Å²) in [6.45, 7) is 1.73. The smallest absolute Gasteiger partial charge is 0.331 e. The number of hydroxylamine groups is 1. The number of nitrogens with one attached hydrogen (secondary N) is 1. The summed E-state index contributed by atoms with van der Waals surface area (Å²) >= 11 is 0. The van der Waals surface area contributed by atoms with Crippen molar-refractivity contribution >= 4 is 11.9 Å². The lowest BCUT2D eigenvalue weighted by Crippen LogP contribution is -2.25. The lowest BCUT2D eigenvalue weighted by molar-refractivity contribution is -0.133. The normalized spacial score (nSPS) is 11.4. The minimum Gasteiger partial charge on any atom is -0.478 e. The zero-order valence-electron chi connectivity index (χ0n) is 7.95. The highest BCUT2D eigenvalue weighted by molar-refractivity contribution is 5.86. The Kier molecular flexibility index (Phi) is 6.34. The van der Waals surface area contributed by atoms with E-state index in [2.05, 4.69) is 10.3 Å². The van der Waals surface area contributed by atoms with E-state index in [4.69, 9.17) is 10.8 Å². The van der Waals surface area contributed by atoms with E-state index in [1.807, 2.05) is 0 Å². The van der Waals surface area contributed by atoms with Crippen molar-refractivity contribution in [3.63, 3.8) is 0 Å². The standard InChI is InChI=1S/C8H14N2O4/c1-2-6(8(12)13)3-4-10-14-5-7(9)11/h3,10H,2,4-5H2,1H3,(H2,9,11)(H,12,13). The molecule has 4 N–H and O–H groups in total. The number of carboxylic acid groups (broad SMARTS) is 1. The fourth-order valence-corrected chi connectivity index (χ4v) is 0.729. The topological polar surface area (TPSA) is 102 Å². The number of aliphatic carboxylic acids is 1. The van der Waals surface area contributed by atoms with Crippen molar-refractivity contribution in [2.45, 2.75) is 13.3 Å². The van der Waals surface area contributed by atoms with Crippen LogP contribution in [0.4, 0.5) is 0 Å². The van der Waals surface area contributed by atoms with Crippen LogP contribution in [0.1, 0.15) is 13.3 Å². The first-order chi connectivity index (χ1) is 6.57. The van der Waals surface area contributed by atoms with E-state index in [0.29, 0.717) is 12.0 Å². The molecule has 0 bridgehead atoms. The van der Waals surface area contributed by atoms with Crippen molar-refractivity contribution in [1.29, 1.82) is 0 Å². The van der Waals surface area contributed by atoms with Gasteiger partial charge in [-0.25, -0.2) is 4.79 Å². The Morgan fingerprint density at radius 1 is 1.57 bits per heavy atom. The first kappa shape index (κ1) is 12.6. The molecule has 0 aromatic heterocycles. The predicted octanol–water partition coefficient (Wildman–Crippen LogP) is -0.586. The molecule has 14 heavy (non-hydrogen) atoms. The van der Waals surface area contributed by atoms with Crippen molar-refractivity contribution in [2.24, 2.45) is 5.73 Å². The summed E-state index contributed by atoms with van der Waals surface area (Å²) < 4.78 is 0. The van der Waals surface area contributed by atoms with Gasteiger partial charge in [0.15, 0.2) is 0 Å². The van der Waals surface area contributed by atoms with Crippen molar-refractivity contribution in [3.05, 3.63) is 11.6 Å². The van der Waals surface area contributed by atoms with Crippen LogP contribution < -0.4 is 11.2 Å². The highest BCUT2D eigenvalue weighted by atomic mass is 16.6. The molecular formula is C8H14N2O4. The number of carboxylic acids is 1. The Bertz CT molecular complexity index is 237. The van der Waals surface area contributed by atoms with Crippen LogP contribution in [-0.4, -0.2) is 30.1 Å². The number of hydrogen-bond donors (Lipinski definition) is 3. The first-order valence-corrected chi connectivity index (χ1v) is 4.13. The van der Waals surface area contributed by atoms with Gasteiger partial charge in [-0.2, -0.15) is 5.48 Å². The second-order valence-electron chi connectivity index (χ2n) is 2.49. The van der Waals surface area contributed by atoms with Crippen molar-refractivity contribution in [2.75, 3.05) is 13.2 Å². The van der Waals surface area contributed by atoms with Crippen LogP contribution in [-0.2, 0) is 14.4 Å². The summed E-state index contributed by atoms with van der Waals surface area (Å²) in [6, 6.07) is 0. The van der Waals surface area contributed by atoms with E-state index in [1.54, 1.807) is 6.92 Å². The third-order valence-corrected chi connectivity index (χ3v) is 1.40. The highest BCUT2D eigenvalue weighted by Crippen LogP contribution is 1.98. The Labute approximate surface area is 81.7 Å². The molecular weight excluding hydrogens is 188 g/mol. The zero-order chi connectivity index (χ0) is 11.0. The van der Waals surface area contributed by atoms with E-state index in [-0.39, 0.29) is 13.2 Å². The van der Waals surface area contributed by atoms with Gasteiger partial charge in [0.2, 0.25) is 5.91 Å². The summed E-state index contributed by atoms with van der Waals surface area (Å²) in [5, 5.41) is 8.61. The lowest BCUT2D eigenvalue weighted by Gasteiger charge is -2.01. The molecule has 0 aromatic rings. The molecule has 80 valence electrons. The SMILES string of the molecule is CCC(=CCNOCC(N)=O)C(=O)O.